The molecule has 4 nitrogen and oxygen atoms in total. The van der Waals surface area contributed by atoms with E-state index in [1.165, 1.54) is 35.6 Å². The Kier molecular flexibility index (Phi) is 4.62. The number of hydrogen-bond acceptors (Lipinski definition) is 4. The Hall–Kier alpha value is -1.18. The summed E-state index contributed by atoms with van der Waals surface area (Å²) in [5.41, 5.74) is 0.578. The van der Waals surface area contributed by atoms with Gasteiger partial charge in [-0.2, -0.15) is 0 Å². The van der Waals surface area contributed by atoms with Crippen molar-refractivity contribution in [1.29, 1.82) is 0 Å². The predicted octanol–water partition coefficient (Wildman–Crippen LogP) is 3.11. The molecule has 0 aliphatic rings. The summed E-state index contributed by atoms with van der Waals surface area (Å²) in [6.07, 6.45) is -0.114. The number of carboxylic acid groups (broad SMARTS) is 1. The lowest BCUT2D eigenvalue weighted by Gasteiger charge is -2.05. The lowest BCUT2D eigenvalue weighted by Crippen LogP contribution is -2.05. The van der Waals surface area contributed by atoms with Crippen LogP contribution in [0.25, 0.3) is 0 Å². The van der Waals surface area contributed by atoms with Crippen LogP contribution in [0.5, 0.6) is 0 Å². The highest BCUT2D eigenvalue weighted by Gasteiger charge is 2.17. The van der Waals surface area contributed by atoms with Crippen molar-refractivity contribution in [3.05, 3.63) is 50.6 Å². The van der Waals surface area contributed by atoms with Crippen LogP contribution >= 0.6 is 27.3 Å². The Morgan fingerprint density at radius 3 is 2.35 bits per heavy atom. The van der Waals surface area contributed by atoms with Crippen molar-refractivity contribution >= 4 is 43.1 Å². The van der Waals surface area contributed by atoms with Crippen LogP contribution in [0, 0.1) is 0 Å². The molecule has 20 heavy (non-hydrogen) atoms. The highest BCUT2D eigenvalue weighted by atomic mass is 79.9. The van der Waals surface area contributed by atoms with Crippen molar-refractivity contribution in [3.63, 3.8) is 0 Å². The molecular formula is C13H11BrO4S2. The lowest BCUT2D eigenvalue weighted by molar-refractivity contribution is -0.136. The van der Waals surface area contributed by atoms with Gasteiger partial charge < -0.3 is 5.11 Å². The van der Waals surface area contributed by atoms with E-state index < -0.39 is 15.8 Å². The molecule has 0 saturated heterocycles. The number of rotatable bonds is 5. The number of aliphatic carboxylic acids is 1. The van der Waals surface area contributed by atoms with Crippen LogP contribution < -0.4 is 0 Å². The van der Waals surface area contributed by atoms with E-state index in [1.807, 2.05) is 11.4 Å². The molecule has 0 atom stereocenters. The Morgan fingerprint density at radius 2 is 1.85 bits per heavy atom. The summed E-state index contributed by atoms with van der Waals surface area (Å²) < 4.78 is 25.3. The average molecular weight is 375 g/mol. The third-order valence-electron chi connectivity index (χ3n) is 2.65. The van der Waals surface area contributed by atoms with E-state index in [4.69, 9.17) is 5.11 Å². The monoisotopic (exact) mass is 374 g/mol. The number of carbonyl (C=O) groups is 1. The molecule has 0 amide bonds. The fourth-order valence-corrected chi connectivity index (χ4v) is 5.09. The van der Waals surface area contributed by atoms with Crippen LogP contribution in [0.4, 0.5) is 0 Å². The Balaban J connectivity index is 2.22. The van der Waals surface area contributed by atoms with Gasteiger partial charge in [-0.25, -0.2) is 8.42 Å². The normalized spacial score (nSPS) is 11.4. The molecule has 1 heterocycles. The van der Waals surface area contributed by atoms with Crippen molar-refractivity contribution < 1.29 is 18.3 Å². The van der Waals surface area contributed by atoms with Crippen molar-refractivity contribution in [2.24, 2.45) is 0 Å². The second kappa shape index (κ2) is 6.07. The average Bonchev–Trinajstić information content (AvgIpc) is 2.74. The predicted molar refractivity (Wildman–Crippen MR) is 80.7 cm³/mol. The van der Waals surface area contributed by atoms with E-state index in [-0.39, 0.29) is 17.1 Å². The fraction of sp³-hybridized carbons (Fsp3) is 0.154. The maximum absolute atomic E-state index is 12.3. The molecule has 7 heteroatoms. The number of carboxylic acids is 1. The molecule has 0 saturated carbocycles. The number of sulfone groups is 1. The topological polar surface area (TPSA) is 71.4 Å². The van der Waals surface area contributed by atoms with E-state index in [0.717, 1.165) is 9.35 Å². The molecule has 0 fully saturated rings. The standard InChI is InChI=1S/C13H11BrO4S2/c14-11-5-6-19-12(11)8-20(17,18)10-3-1-9(2-4-10)7-13(15)16/h1-6H,7-8H2,(H,15,16). The van der Waals surface area contributed by atoms with E-state index >= 15 is 0 Å². The zero-order valence-corrected chi connectivity index (χ0v) is 13.5. The highest BCUT2D eigenvalue weighted by molar-refractivity contribution is 9.10. The van der Waals surface area contributed by atoms with E-state index in [9.17, 15) is 13.2 Å². The summed E-state index contributed by atoms with van der Waals surface area (Å²) in [6, 6.07) is 7.78. The molecule has 0 unspecified atom stereocenters. The molecule has 2 rings (SSSR count). The molecule has 1 aromatic heterocycles. The van der Waals surface area contributed by atoms with Gasteiger partial charge >= 0.3 is 5.97 Å². The maximum atomic E-state index is 12.3. The van der Waals surface area contributed by atoms with Crippen LogP contribution in [0.15, 0.2) is 45.1 Å². The molecule has 106 valence electrons. The summed E-state index contributed by atoms with van der Waals surface area (Å²) in [5.74, 6) is -1.01. The molecule has 1 N–H and O–H groups in total. The van der Waals surface area contributed by atoms with E-state index in [1.54, 1.807) is 0 Å². The van der Waals surface area contributed by atoms with Crippen LogP contribution in [0.1, 0.15) is 10.4 Å². The summed E-state index contributed by atoms with van der Waals surface area (Å²) in [6.45, 7) is 0. The van der Waals surface area contributed by atoms with Crippen molar-refractivity contribution in [2.75, 3.05) is 0 Å². The minimum atomic E-state index is -3.42. The minimum absolute atomic E-state index is 0.0659. The zero-order valence-electron chi connectivity index (χ0n) is 10.2. The molecule has 0 bridgehead atoms. The molecule has 0 aliphatic carbocycles. The zero-order chi connectivity index (χ0) is 14.8. The Labute approximate surface area is 129 Å². The quantitative estimate of drug-likeness (QED) is 0.872. The molecule has 2 aromatic rings. The fourth-order valence-electron chi connectivity index (χ4n) is 1.67. The van der Waals surface area contributed by atoms with Crippen LogP contribution in [-0.4, -0.2) is 19.5 Å². The van der Waals surface area contributed by atoms with Gasteiger partial charge in [-0.1, -0.05) is 12.1 Å². The third-order valence-corrected chi connectivity index (χ3v) is 6.42. The first-order chi connectivity index (χ1) is 9.38. The van der Waals surface area contributed by atoms with Gasteiger partial charge in [-0.05, 0) is 45.1 Å². The van der Waals surface area contributed by atoms with Gasteiger partial charge in [0, 0.05) is 9.35 Å². The van der Waals surface area contributed by atoms with E-state index in [2.05, 4.69) is 15.9 Å². The number of benzene rings is 1. The van der Waals surface area contributed by atoms with Gasteiger partial charge in [0.15, 0.2) is 9.84 Å². The highest BCUT2D eigenvalue weighted by Crippen LogP contribution is 2.27. The Morgan fingerprint density at radius 1 is 1.20 bits per heavy atom. The van der Waals surface area contributed by atoms with Gasteiger partial charge in [-0.15, -0.1) is 11.3 Å². The first-order valence-electron chi connectivity index (χ1n) is 5.64. The third kappa shape index (κ3) is 3.68. The molecular weight excluding hydrogens is 364 g/mol. The summed E-state index contributed by atoms with van der Waals surface area (Å²) in [5, 5.41) is 10.5. The molecule has 0 spiro atoms. The van der Waals surface area contributed by atoms with Gasteiger partial charge in [0.25, 0.3) is 0 Å². The summed E-state index contributed by atoms with van der Waals surface area (Å²) in [7, 11) is -3.42. The van der Waals surface area contributed by atoms with Crippen LogP contribution in [0.2, 0.25) is 0 Å². The maximum Gasteiger partial charge on any atom is 0.307 e. The van der Waals surface area contributed by atoms with Gasteiger partial charge in [0.1, 0.15) is 0 Å². The van der Waals surface area contributed by atoms with Gasteiger partial charge in [0.2, 0.25) is 0 Å². The smallest absolute Gasteiger partial charge is 0.307 e. The second-order valence-corrected chi connectivity index (χ2v) is 8.01. The van der Waals surface area contributed by atoms with Crippen molar-refractivity contribution in [1.82, 2.24) is 0 Å². The second-order valence-electron chi connectivity index (χ2n) is 4.17. The SMILES string of the molecule is O=C(O)Cc1ccc(S(=O)(=O)Cc2sccc2Br)cc1. The number of hydrogen-bond donors (Lipinski definition) is 1. The Bertz CT molecular complexity index is 717. The lowest BCUT2D eigenvalue weighted by atomic mass is 10.2. The first-order valence-corrected chi connectivity index (χ1v) is 8.96. The molecule has 0 aliphatic heterocycles. The summed E-state index contributed by atoms with van der Waals surface area (Å²) in [4.78, 5) is 11.5. The van der Waals surface area contributed by atoms with E-state index in [0.29, 0.717) is 5.56 Å². The summed E-state index contributed by atoms with van der Waals surface area (Å²) >= 11 is 4.69. The minimum Gasteiger partial charge on any atom is -0.481 e. The van der Waals surface area contributed by atoms with Gasteiger partial charge in [-0.3, -0.25) is 4.79 Å². The van der Waals surface area contributed by atoms with Crippen LogP contribution in [-0.2, 0) is 26.8 Å². The molecule has 1 aromatic carbocycles. The largest absolute Gasteiger partial charge is 0.481 e. The van der Waals surface area contributed by atoms with Crippen LogP contribution in [0.3, 0.4) is 0 Å². The number of halogens is 1. The van der Waals surface area contributed by atoms with Gasteiger partial charge in [0.05, 0.1) is 17.1 Å². The number of thiophene rings is 1. The van der Waals surface area contributed by atoms with Crippen molar-refractivity contribution in [2.45, 2.75) is 17.1 Å². The first kappa shape index (κ1) is 15.2. The molecule has 0 radical (unpaired) electrons. The van der Waals surface area contributed by atoms with Crippen molar-refractivity contribution in [3.8, 4) is 0 Å².